The number of hydrogen-bond acceptors (Lipinski definition) is 3. The van der Waals surface area contributed by atoms with Gasteiger partial charge in [0.05, 0.1) is 6.54 Å². The van der Waals surface area contributed by atoms with Gasteiger partial charge in [-0.2, -0.15) is 0 Å². The second-order valence-electron chi connectivity index (χ2n) is 5.29. The molecule has 0 aromatic heterocycles. The first-order valence-corrected chi connectivity index (χ1v) is 7.98. The summed E-state index contributed by atoms with van der Waals surface area (Å²) in [6.07, 6.45) is 0.883. The van der Waals surface area contributed by atoms with Gasteiger partial charge in [0.15, 0.2) is 5.96 Å². The first-order valence-electron chi connectivity index (χ1n) is 7.98. The Balaban J connectivity index is 2.23. The number of hydrogen-bond donors (Lipinski definition) is 2. The Hall–Kier alpha value is -1.75. The highest BCUT2D eigenvalue weighted by Gasteiger charge is 2.06. The van der Waals surface area contributed by atoms with E-state index in [1.165, 1.54) is 5.56 Å². The van der Waals surface area contributed by atoms with Crippen LogP contribution < -0.4 is 15.8 Å². The molecule has 0 fully saturated rings. The fourth-order valence-electron chi connectivity index (χ4n) is 2.00. The van der Waals surface area contributed by atoms with E-state index in [0.717, 1.165) is 25.4 Å². The van der Waals surface area contributed by atoms with Gasteiger partial charge >= 0.3 is 0 Å². The van der Waals surface area contributed by atoms with E-state index < -0.39 is 0 Å². The van der Waals surface area contributed by atoms with Crippen LogP contribution in [0.3, 0.4) is 0 Å². The highest BCUT2D eigenvalue weighted by Crippen LogP contribution is 2.25. The molecule has 22 heavy (non-hydrogen) atoms. The van der Waals surface area contributed by atoms with E-state index in [-0.39, 0.29) is 0 Å². The lowest BCUT2D eigenvalue weighted by atomic mass is 10.0. The molecule has 0 saturated heterocycles. The van der Waals surface area contributed by atoms with E-state index in [9.17, 15) is 0 Å². The average Bonchev–Trinajstić information content (AvgIpc) is 2.51. The van der Waals surface area contributed by atoms with Gasteiger partial charge in [-0.1, -0.05) is 32.0 Å². The van der Waals surface area contributed by atoms with Crippen molar-refractivity contribution in [3.05, 3.63) is 29.8 Å². The normalized spacial score (nSPS) is 11.7. The molecule has 5 nitrogen and oxygen atoms in total. The zero-order chi connectivity index (χ0) is 16.2. The van der Waals surface area contributed by atoms with Gasteiger partial charge in [-0.25, -0.2) is 0 Å². The molecule has 0 heterocycles. The molecule has 0 radical (unpaired) electrons. The van der Waals surface area contributed by atoms with Gasteiger partial charge in [0, 0.05) is 19.8 Å². The summed E-state index contributed by atoms with van der Waals surface area (Å²) in [5, 5.41) is 3.05. The molecule has 0 amide bonds. The van der Waals surface area contributed by atoms with Crippen molar-refractivity contribution in [2.75, 3.05) is 32.9 Å². The van der Waals surface area contributed by atoms with Crippen LogP contribution >= 0.6 is 0 Å². The van der Waals surface area contributed by atoms with Gasteiger partial charge < -0.3 is 20.5 Å². The Morgan fingerprint density at radius 1 is 1.27 bits per heavy atom. The van der Waals surface area contributed by atoms with Gasteiger partial charge in [0.25, 0.3) is 0 Å². The molecule has 1 aromatic rings. The van der Waals surface area contributed by atoms with Gasteiger partial charge in [-0.15, -0.1) is 0 Å². The lowest BCUT2D eigenvalue weighted by molar-refractivity contribution is 0.146. The maximum atomic E-state index is 5.81. The van der Waals surface area contributed by atoms with E-state index in [4.69, 9.17) is 15.2 Å². The molecule has 0 spiro atoms. The standard InChI is InChI=1S/C17H29N3O2/c1-4-21-12-7-10-19-17(18)20-11-13-22-16-9-6-5-8-15(16)14(2)3/h5-6,8-9,14H,4,7,10-13H2,1-3H3,(H3,18,19,20). The van der Waals surface area contributed by atoms with Crippen molar-refractivity contribution >= 4 is 5.96 Å². The molecule has 1 rings (SSSR count). The van der Waals surface area contributed by atoms with Crippen molar-refractivity contribution in [2.24, 2.45) is 10.7 Å². The molecule has 5 heteroatoms. The Kier molecular flexibility index (Phi) is 9.07. The van der Waals surface area contributed by atoms with Crippen molar-refractivity contribution in [3.63, 3.8) is 0 Å². The number of para-hydroxylation sites is 1. The molecule has 0 aliphatic carbocycles. The van der Waals surface area contributed by atoms with Crippen LogP contribution in [0.4, 0.5) is 0 Å². The number of nitrogens with one attached hydrogen (secondary N) is 1. The third-order valence-corrected chi connectivity index (χ3v) is 3.14. The first-order chi connectivity index (χ1) is 10.6. The van der Waals surface area contributed by atoms with Crippen LogP contribution in [-0.4, -0.2) is 38.9 Å². The van der Waals surface area contributed by atoms with Crippen LogP contribution in [0.1, 0.15) is 38.7 Å². The highest BCUT2D eigenvalue weighted by molar-refractivity contribution is 5.77. The summed E-state index contributed by atoms with van der Waals surface area (Å²) >= 11 is 0. The molecule has 0 unspecified atom stereocenters. The predicted octanol–water partition coefficient (Wildman–Crippen LogP) is 2.52. The molecule has 124 valence electrons. The van der Waals surface area contributed by atoms with Gasteiger partial charge in [-0.05, 0) is 30.9 Å². The zero-order valence-electron chi connectivity index (χ0n) is 14.0. The summed E-state index contributed by atoms with van der Waals surface area (Å²) in [6, 6.07) is 8.12. The SMILES string of the molecule is CCOCCCN=C(N)NCCOc1ccccc1C(C)C. The monoisotopic (exact) mass is 307 g/mol. The molecule has 0 aliphatic rings. The second kappa shape index (κ2) is 10.9. The van der Waals surface area contributed by atoms with Crippen LogP contribution in [0.25, 0.3) is 0 Å². The summed E-state index contributed by atoms with van der Waals surface area (Å²) in [7, 11) is 0. The zero-order valence-corrected chi connectivity index (χ0v) is 14.0. The van der Waals surface area contributed by atoms with Crippen molar-refractivity contribution in [1.29, 1.82) is 0 Å². The number of rotatable bonds is 10. The Morgan fingerprint density at radius 2 is 2.05 bits per heavy atom. The minimum absolute atomic E-state index is 0.445. The maximum Gasteiger partial charge on any atom is 0.188 e. The maximum absolute atomic E-state index is 5.81. The smallest absolute Gasteiger partial charge is 0.188 e. The number of ether oxygens (including phenoxy) is 2. The van der Waals surface area contributed by atoms with E-state index in [2.05, 4.69) is 30.2 Å². The number of aliphatic imine (C=N–C) groups is 1. The summed E-state index contributed by atoms with van der Waals surface area (Å²) in [5.74, 6) is 1.84. The van der Waals surface area contributed by atoms with Crippen LogP contribution in [0.15, 0.2) is 29.3 Å². The lowest BCUT2D eigenvalue weighted by Crippen LogP contribution is -2.35. The molecule has 0 atom stereocenters. The molecule has 1 aromatic carbocycles. The Morgan fingerprint density at radius 3 is 2.77 bits per heavy atom. The summed E-state index contributed by atoms with van der Waals surface area (Å²) in [4.78, 5) is 4.23. The van der Waals surface area contributed by atoms with Crippen molar-refractivity contribution in [2.45, 2.75) is 33.1 Å². The van der Waals surface area contributed by atoms with Gasteiger partial charge in [0.1, 0.15) is 12.4 Å². The lowest BCUT2D eigenvalue weighted by Gasteiger charge is -2.14. The van der Waals surface area contributed by atoms with Crippen molar-refractivity contribution < 1.29 is 9.47 Å². The average molecular weight is 307 g/mol. The van der Waals surface area contributed by atoms with Gasteiger partial charge in [-0.3, -0.25) is 4.99 Å². The van der Waals surface area contributed by atoms with E-state index >= 15 is 0 Å². The summed E-state index contributed by atoms with van der Waals surface area (Å²) in [6.45, 7) is 9.63. The minimum Gasteiger partial charge on any atom is -0.491 e. The van der Waals surface area contributed by atoms with Crippen LogP contribution in [0.2, 0.25) is 0 Å². The van der Waals surface area contributed by atoms with E-state index in [1.807, 2.05) is 25.1 Å². The second-order valence-corrected chi connectivity index (χ2v) is 5.29. The van der Waals surface area contributed by atoms with Crippen molar-refractivity contribution in [3.8, 4) is 5.75 Å². The molecular weight excluding hydrogens is 278 g/mol. The largest absolute Gasteiger partial charge is 0.491 e. The summed E-state index contributed by atoms with van der Waals surface area (Å²) < 4.78 is 11.1. The topological polar surface area (TPSA) is 68.9 Å². The minimum atomic E-state index is 0.445. The fourth-order valence-corrected chi connectivity index (χ4v) is 2.00. The third-order valence-electron chi connectivity index (χ3n) is 3.14. The Labute approximate surface area is 133 Å². The van der Waals surface area contributed by atoms with Crippen LogP contribution in [0.5, 0.6) is 5.75 Å². The highest BCUT2D eigenvalue weighted by atomic mass is 16.5. The first kappa shape index (κ1) is 18.3. The predicted molar refractivity (Wildman–Crippen MR) is 91.6 cm³/mol. The van der Waals surface area contributed by atoms with Crippen molar-refractivity contribution in [1.82, 2.24) is 5.32 Å². The number of nitrogens with zero attached hydrogens (tertiary/aromatic N) is 1. The molecule has 0 bridgehead atoms. The van der Waals surface area contributed by atoms with E-state index in [0.29, 0.717) is 31.6 Å². The molecular formula is C17H29N3O2. The number of nitrogens with two attached hydrogens (primary N) is 1. The Bertz CT molecular complexity index is 447. The number of guanidine groups is 1. The quantitative estimate of drug-likeness (QED) is 0.396. The van der Waals surface area contributed by atoms with Crippen LogP contribution in [-0.2, 0) is 4.74 Å². The molecule has 3 N–H and O–H groups in total. The van der Waals surface area contributed by atoms with Gasteiger partial charge in [0.2, 0.25) is 0 Å². The number of benzene rings is 1. The van der Waals surface area contributed by atoms with Crippen LogP contribution in [0, 0.1) is 0 Å². The fraction of sp³-hybridized carbons (Fsp3) is 0.588. The third kappa shape index (κ3) is 7.31. The van der Waals surface area contributed by atoms with E-state index in [1.54, 1.807) is 0 Å². The summed E-state index contributed by atoms with van der Waals surface area (Å²) in [5.41, 5.74) is 7.01. The molecule has 0 saturated carbocycles. The molecule has 0 aliphatic heterocycles.